The summed E-state index contributed by atoms with van der Waals surface area (Å²) in [6.45, 7) is 1.53. The molecular formula is C32H31FN2O5. The number of aromatic nitrogens is 1. The molecule has 1 saturated heterocycles. The normalized spacial score (nSPS) is 16.9. The van der Waals surface area contributed by atoms with Crippen LogP contribution in [0.15, 0.2) is 83.3 Å². The zero-order chi connectivity index (χ0) is 27.9. The number of hydrogen-bond acceptors (Lipinski definition) is 6. The summed E-state index contributed by atoms with van der Waals surface area (Å²) in [6.07, 6.45) is 1.90. The molecule has 1 aliphatic heterocycles. The number of hydrogen-bond donors (Lipinski definition) is 1. The lowest BCUT2D eigenvalue weighted by molar-refractivity contribution is -0.149. The minimum absolute atomic E-state index is 0.0410. The molecule has 5 rings (SSSR count). The number of nitrogens with zero attached hydrogens (tertiary/aromatic N) is 1. The number of esters is 1. The van der Waals surface area contributed by atoms with Crippen molar-refractivity contribution in [1.82, 2.24) is 4.98 Å². The van der Waals surface area contributed by atoms with Crippen LogP contribution in [0.2, 0.25) is 0 Å². The van der Waals surface area contributed by atoms with Crippen molar-refractivity contribution in [3.05, 3.63) is 107 Å². The number of amides is 1. The molecule has 4 aromatic rings. The second-order valence-corrected chi connectivity index (χ2v) is 9.87. The van der Waals surface area contributed by atoms with E-state index in [1.807, 2.05) is 42.5 Å². The summed E-state index contributed by atoms with van der Waals surface area (Å²) >= 11 is 0. The van der Waals surface area contributed by atoms with Crippen LogP contribution in [0.4, 0.5) is 10.1 Å². The fourth-order valence-corrected chi connectivity index (χ4v) is 4.83. The first-order valence-electron chi connectivity index (χ1n) is 13.3. The van der Waals surface area contributed by atoms with Crippen molar-refractivity contribution in [2.45, 2.75) is 51.5 Å². The second kappa shape index (κ2) is 12.7. The zero-order valence-electron chi connectivity index (χ0n) is 22.3. The topological polar surface area (TPSA) is 90.7 Å². The highest BCUT2D eigenvalue weighted by Gasteiger charge is 2.25. The van der Waals surface area contributed by atoms with Crippen molar-refractivity contribution in [3.8, 4) is 11.1 Å². The van der Waals surface area contributed by atoms with Gasteiger partial charge >= 0.3 is 5.97 Å². The molecule has 1 aliphatic rings. The lowest BCUT2D eigenvalue weighted by Crippen LogP contribution is -2.27. The Balaban J connectivity index is 1.10. The van der Waals surface area contributed by atoms with Crippen LogP contribution in [0, 0.1) is 6.92 Å². The molecule has 1 aromatic heterocycles. The van der Waals surface area contributed by atoms with Crippen molar-refractivity contribution in [3.63, 3.8) is 0 Å². The lowest BCUT2D eigenvalue weighted by atomic mass is 9.89. The van der Waals surface area contributed by atoms with E-state index >= 15 is 0 Å². The van der Waals surface area contributed by atoms with Gasteiger partial charge in [0.2, 0.25) is 0 Å². The average Bonchev–Trinajstić information content (AvgIpc) is 3.38. The van der Waals surface area contributed by atoms with Crippen LogP contribution in [0.3, 0.4) is 0 Å². The first-order valence-corrected chi connectivity index (χ1v) is 13.3. The number of carbonyl (C=O) groups is 2. The lowest BCUT2D eigenvalue weighted by Gasteiger charge is -2.29. The van der Waals surface area contributed by atoms with Gasteiger partial charge in [-0.2, -0.15) is 0 Å². The number of benzene rings is 3. The number of alkyl halides is 1. The molecule has 1 amide bonds. The summed E-state index contributed by atoms with van der Waals surface area (Å²) in [5.41, 5.74) is 4.75. The van der Waals surface area contributed by atoms with Gasteiger partial charge in [-0.05, 0) is 47.2 Å². The zero-order valence-corrected chi connectivity index (χ0v) is 22.3. The number of aryl methyl sites for hydroxylation is 1. The van der Waals surface area contributed by atoms with Crippen molar-refractivity contribution < 1.29 is 27.9 Å². The number of anilines is 1. The van der Waals surface area contributed by atoms with Crippen molar-refractivity contribution in [2.24, 2.45) is 0 Å². The van der Waals surface area contributed by atoms with E-state index in [1.165, 1.54) is 5.56 Å². The average molecular weight is 543 g/mol. The third-order valence-electron chi connectivity index (χ3n) is 7.01. The fraction of sp³-hybridized carbons (Fsp3) is 0.281. The van der Waals surface area contributed by atoms with Gasteiger partial charge in [-0.15, -0.1) is 0 Å². The van der Waals surface area contributed by atoms with Crippen LogP contribution in [0.5, 0.6) is 0 Å². The Morgan fingerprint density at radius 2 is 1.68 bits per heavy atom. The molecule has 206 valence electrons. The first kappa shape index (κ1) is 27.3. The highest BCUT2D eigenvalue weighted by atomic mass is 19.1. The molecule has 0 saturated carbocycles. The maximum Gasteiger partial charge on any atom is 0.308 e. The number of halogens is 1. The van der Waals surface area contributed by atoms with Crippen LogP contribution < -0.4 is 5.32 Å². The smallest absolute Gasteiger partial charge is 0.308 e. The number of rotatable bonds is 9. The Morgan fingerprint density at radius 1 is 0.975 bits per heavy atom. The fourth-order valence-electron chi connectivity index (χ4n) is 4.83. The molecule has 3 aromatic carbocycles. The Kier molecular flexibility index (Phi) is 8.66. The Bertz CT molecular complexity index is 1430. The molecule has 0 aliphatic carbocycles. The maximum absolute atomic E-state index is 13.1. The van der Waals surface area contributed by atoms with E-state index in [0.717, 1.165) is 29.5 Å². The predicted octanol–water partition coefficient (Wildman–Crippen LogP) is 6.77. The van der Waals surface area contributed by atoms with Crippen molar-refractivity contribution in [2.75, 3.05) is 11.9 Å². The van der Waals surface area contributed by atoms with E-state index in [4.69, 9.17) is 13.9 Å². The summed E-state index contributed by atoms with van der Waals surface area (Å²) in [4.78, 5) is 28.7. The minimum atomic E-state index is -0.893. The number of ether oxygens (including phenoxy) is 2. The van der Waals surface area contributed by atoms with Gasteiger partial charge in [0.1, 0.15) is 13.3 Å². The third-order valence-corrected chi connectivity index (χ3v) is 7.01. The van der Waals surface area contributed by atoms with E-state index in [2.05, 4.69) is 34.6 Å². The second-order valence-electron chi connectivity index (χ2n) is 9.87. The highest BCUT2D eigenvalue weighted by Crippen LogP contribution is 2.31. The third kappa shape index (κ3) is 6.82. The largest absolute Gasteiger partial charge is 0.461 e. The standard InChI is InChI=1S/C32H31FN2O5/c1-21-34-31(29(18-33)40-21)32(37)35-27-14-11-24(12-15-27)23-7-9-25(10-8-23)26-13-16-28(38-20-26)17-30(36)39-19-22-5-3-2-4-6-22/h2-12,14-15,26,28H,13,16-20H2,1H3,(H,35,37). The molecule has 2 unspecified atom stereocenters. The van der Waals surface area contributed by atoms with Crippen LogP contribution in [0.25, 0.3) is 11.1 Å². The van der Waals surface area contributed by atoms with Gasteiger partial charge in [-0.3, -0.25) is 9.59 Å². The molecule has 2 heterocycles. The van der Waals surface area contributed by atoms with E-state index in [1.54, 1.807) is 19.1 Å². The van der Waals surface area contributed by atoms with Gasteiger partial charge in [0.05, 0.1) is 19.1 Å². The number of nitrogens with one attached hydrogen (secondary N) is 1. The number of oxazole rings is 1. The summed E-state index contributed by atoms with van der Waals surface area (Å²) in [6, 6.07) is 25.4. The Labute approximate surface area is 232 Å². The monoisotopic (exact) mass is 542 g/mol. The van der Waals surface area contributed by atoms with Crippen LogP contribution in [-0.2, 0) is 27.5 Å². The Hall–Kier alpha value is -4.30. The van der Waals surface area contributed by atoms with Crippen LogP contribution in [0.1, 0.15) is 58.4 Å². The molecular weight excluding hydrogens is 511 g/mol. The van der Waals surface area contributed by atoms with Gasteiger partial charge < -0.3 is 19.2 Å². The van der Waals surface area contributed by atoms with Crippen molar-refractivity contribution in [1.29, 1.82) is 0 Å². The van der Waals surface area contributed by atoms with Gasteiger partial charge in [0.25, 0.3) is 5.91 Å². The van der Waals surface area contributed by atoms with Gasteiger partial charge in [0, 0.05) is 18.5 Å². The molecule has 40 heavy (non-hydrogen) atoms. The quantitative estimate of drug-likeness (QED) is 0.235. The predicted molar refractivity (Wildman–Crippen MR) is 148 cm³/mol. The summed E-state index contributed by atoms with van der Waals surface area (Å²) < 4.78 is 29.6. The molecule has 0 bridgehead atoms. The molecule has 2 atom stereocenters. The summed E-state index contributed by atoms with van der Waals surface area (Å²) in [5, 5.41) is 2.74. The molecule has 0 spiro atoms. The highest BCUT2D eigenvalue weighted by molar-refractivity contribution is 6.03. The Morgan fingerprint density at radius 3 is 2.33 bits per heavy atom. The SMILES string of the molecule is Cc1nc(C(=O)Nc2ccc(-c3ccc(C4CCC(CC(=O)OCc5ccccc5)OC4)cc3)cc2)c(CF)o1. The van der Waals surface area contributed by atoms with E-state index in [9.17, 15) is 14.0 Å². The molecule has 7 nitrogen and oxygen atoms in total. The first-order chi connectivity index (χ1) is 19.5. The van der Waals surface area contributed by atoms with E-state index in [-0.39, 0.29) is 48.4 Å². The molecule has 1 fully saturated rings. The van der Waals surface area contributed by atoms with Gasteiger partial charge in [-0.1, -0.05) is 66.7 Å². The van der Waals surface area contributed by atoms with E-state index < -0.39 is 12.6 Å². The minimum Gasteiger partial charge on any atom is -0.461 e. The maximum atomic E-state index is 13.1. The van der Waals surface area contributed by atoms with Crippen LogP contribution in [-0.4, -0.2) is 29.6 Å². The van der Waals surface area contributed by atoms with Gasteiger partial charge in [-0.25, -0.2) is 9.37 Å². The molecule has 1 N–H and O–H groups in total. The summed E-state index contributed by atoms with van der Waals surface area (Å²) in [7, 11) is 0. The summed E-state index contributed by atoms with van der Waals surface area (Å²) in [5.74, 6) is -0.303. The van der Waals surface area contributed by atoms with Crippen LogP contribution >= 0.6 is 0 Å². The van der Waals surface area contributed by atoms with Crippen molar-refractivity contribution >= 4 is 17.6 Å². The molecule has 8 heteroatoms. The number of carbonyl (C=O) groups excluding carboxylic acids is 2. The van der Waals surface area contributed by atoms with Gasteiger partial charge in [0.15, 0.2) is 17.3 Å². The van der Waals surface area contributed by atoms with E-state index in [0.29, 0.717) is 12.3 Å². The molecule has 0 radical (unpaired) electrons.